The number of rotatable bonds is 8. The fourth-order valence-electron chi connectivity index (χ4n) is 2.10. The van der Waals surface area contributed by atoms with E-state index in [9.17, 15) is 0 Å². The minimum absolute atomic E-state index is 0.618. The van der Waals surface area contributed by atoms with Gasteiger partial charge in [0.25, 0.3) is 0 Å². The van der Waals surface area contributed by atoms with Crippen molar-refractivity contribution in [1.29, 1.82) is 0 Å². The highest BCUT2D eigenvalue weighted by Gasteiger charge is 2.33. The first-order valence-electron chi connectivity index (χ1n) is 6.13. The zero-order valence-corrected chi connectivity index (χ0v) is 11.2. The monoisotopic (exact) mass is 230 g/mol. The van der Waals surface area contributed by atoms with Gasteiger partial charge in [-0.05, 0) is 37.2 Å². The third-order valence-electron chi connectivity index (χ3n) is 2.99. The van der Waals surface area contributed by atoms with Crippen molar-refractivity contribution in [2.24, 2.45) is 11.7 Å². The molecule has 15 heavy (non-hydrogen) atoms. The second-order valence-corrected chi connectivity index (χ2v) is 5.98. The molecule has 0 aliphatic heterocycles. The molecule has 0 heterocycles. The summed E-state index contributed by atoms with van der Waals surface area (Å²) < 4.78 is 0. The quantitative estimate of drug-likeness (QED) is 0.693. The summed E-state index contributed by atoms with van der Waals surface area (Å²) in [5, 5.41) is 0. The van der Waals surface area contributed by atoms with Crippen LogP contribution in [0.1, 0.15) is 33.1 Å². The average molecular weight is 230 g/mol. The first-order valence-corrected chi connectivity index (χ1v) is 7.53. The first-order chi connectivity index (χ1) is 7.19. The van der Waals surface area contributed by atoms with E-state index in [0.29, 0.717) is 6.04 Å². The Hall–Kier alpha value is 0.270. The molecule has 1 atom stereocenters. The summed E-state index contributed by atoms with van der Waals surface area (Å²) in [6.45, 7) is 6.65. The van der Waals surface area contributed by atoms with E-state index in [4.69, 9.17) is 5.73 Å². The highest BCUT2D eigenvalue weighted by molar-refractivity contribution is 7.98. The maximum Gasteiger partial charge on any atom is 0.0229 e. The lowest BCUT2D eigenvalue weighted by atomic mass is 10.1. The predicted molar refractivity (Wildman–Crippen MR) is 70.4 cm³/mol. The Labute approximate surface area is 99.0 Å². The van der Waals surface area contributed by atoms with Crippen molar-refractivity contribution in [3.8, 4) is 0 Å². The van der Waals surface area contributed by atoms with Gasteiger partial charge in [0.1, 0.15) is 0 Å². The standard InChI is InChI=1S/C12H26N2S/c1-10(2)9-14(11-4-5-11)12(8-13)6-7-15-3/h10-12H,4-9,13H2,1-3H3. The van der Waals surface area contributed by atoms with Crippen LogP contribution in [0.2, 0.25) is 0 Å². The molecule has 2 N–H and O–H groups in total. The molecule has 0 aromatic heterocycles. The minimum atomic E-state index is 0.618. The molecule has 0 saturated heterocycles. The van der Waals surface area contributed by atoms with Crippen LogP contribution < -0.4 is 5.73 Å². The second-order valence-electron chi connectivity index (χ2n) is 4.99. The van der Waals surface area contributed by atoms with Crippen LogP contribution in [0.3, 0.4) is 0 Å². The molecule has 1 rings (SSSR count). The first kappa shape index (κ1) is 13.3. The van der Waals surface area contributed by atoms with Crippen molar-refractivity contribution in [1.82, 2.24) is 4.90 Å². The molecule has 0 bridgehead atoms. The molecule has 0 amide bonds. The van der Waals surface area contributed by atoms with E-state index in [0.717, 1.165) is 18.5 Å². The predicted octanol–water partition coefficient (Wildman–Crippen LogP) is 2.19. The van der Waals surface area contributed by atoms with Crippen molar-refractivity contribution in [2.75, 3.05) is 25.1 Å². The Morgan fingerprint density at radius 1 is 1.40 bits per heavy atom. The Kier molecular flexibility index (Phi) is 6.02. The Balaban J connectivity index is 2.42. The van der Waals surface area contributed by atoms with Crippen molar-refractivity contribution in [3.63, 3.8) is 0 Å². The normalized spacial score (nSPS) is 18.8. The van der Waals surface area contributed by atoms with Gasteiger partial charge in [-0.15, -0.1) is 0 Å². The van der Waals surface area contributed by atoms with Gasteiger partial charge in [0, 0.05) is 25.2 Å². The van der Waals surface area contributed by atoms with E-state index >= 15 is 0 Å². The summed E-state index contributed by atoms with van der Waals surface area (Å²) >= 11 is 1.93. The maximum atomic E-state index is 5.90. The lowest BCUT2D eigenvalue weighted by Gasteiger charge is -2.32. The number of hydrogen-bond acceptors (Lipinski definition) is 3. The fourth-order valence-corrected chi connectivity index (χ4v) is 2.60. The topological polar surface area (TPSA) is 29.3 Å². The third kappa shape index (κ3) is 4.75. The van der Waals surface area contributed by atoms with Gasteiger partial charge in [-0.3, -0.25) is 4.90 Å². The summed E-state index contributed by atoms with van der Waals surface area (Å²) in [5.74, 6) is 2.00. The summed E-state index contributed by atoms with van der Waals surface area (Å²) in [6, 6.07) is 1.47. The van der Waals surface area contributed by atoms with Gasteiger partial charge in [-0.2, -0.15) is 11.8 Å². The zero-order chi connectivity index (χ0) is 11.3. The van der Waals surface area contributed by atoms with Crippen LogP contribution in [0.5, 0.6) is 0 Å². The van der Waals surface area contributed by atoms with E-state index in [1.807, 2.05) is 11.8 Å². The van der Waals surface area contributed by atoms with Crippen LogP contribution in [-0.4, -0.2) is 42.1 Å². The molecule has 1 unspecified atom stereocenters. The maximum absolute atomic E-state index is 5.90. The summed E-state index contributed by atoms with van der Waals surface area (Å²) in [5.41, 5.74) is 5.90. The molecule has 0 aromatic rings. The van der Waals surface area contributed by atoms with Crippen molar-refractivity contribution in [2.45, 2.75) is 45.2 Å². The Bertz CT molecular complexity index is 169. The average Bonchev–Trinajstić information content (AvgIpc) is 3.00. The molecule has 0 aromatic carbocycles. The van der Waals surface area contributed by atoms with E-state index in [-0.39, 0.29) is 0 Å². The Morgan fingerprint density at radius 2 is 2.07 bits per heavy atom. The molecule has 0 radical (unpaired) electrons. The van der Waals surface area contributed by atoms with Crippen LogP contribution in [0.25, 0.3) is 0 Å². The lowest BCUT2D eigenvalue weighted by Crippen LogP contribution is -2.44. The second kappa shape index (κ2) is 6.77. The fraction of sp³-hybridized carbons (Fsp3) is 1.00. The molecule has 2 nitrogen and oxygen atoms in total. The molecule has 1 aliphatic rings. The smallest absolute Gasteiger partial charge is 0.0229 e. The lowest BCUT2D eigenvalue weighted by molar-refractivity contribution is 0.165. The van der Waals surface area contributed by atoms with Crippen molar-refractivity contribution < 1.29 is 0 Å². The minimum Gasteiger partial charge on any atom is -0.329 e. The van der Waals surface area contributed by atoms with Crippen LogP contribution in [0.4, 0.5) is 0 Å². The Morgan fingerprint density at radius 3 is 2.47 bits per heavy atom. The third-order valence-corrected chi connectivity index (χ3v) is 3.63. The van der Waals surface area contributed by atoms with Gasteiger partial charge in [0.05, 0.1) is 0 Å². The van der Waals surface area contributed by atoms with Crippen LogP contribution in [0.15, 0.2) is 0 Å². The zero-order valence-electron chi connectivity index (χ0n) is 10.4. The van der Waals surface area contributed by atoms with Gasteiger partial charge in [-0.25, -0.2) is 0 Å². The van der Waals surface area contributed by atoms with Gasteiger partial charge in [-0.1, -0.05) is 13.8 Å². The number of thioether (sulfide) groups is 1. The van der Waals surface area contributed by atoms with Crippen molar-refractivity contribution >= 4 is 11.8 Å². The molecule has 0 spiro atoms. The van der Waals surface area contributed by atoms with E-state index < -0.39 is 0 Å². The number of hydrogen-bond donors (Lipinski definition) is 1. The number of nitrogens with two attached hydrogens (primary N) is 1. The highest BCUT2D eigenvalue weighted by Crippen LogP contribution is 2.30. The van der Waals surface area contributed by atoms with Crippen LogP contribution in [0, 0.1) is 5.92 Å². The number of nitrogens with zero attached hydrogens (tertiary/aromatic N) is 1. The SMILES string of the molecule is CSCCC(CN)N(CC(C)C)C1CC1. The van der Waals surface area contributed by atoms with Crippen molar-refractivity contribution in [3.05, 3.63) is 0 Å². The van der Waals surface area contributed by atoms with Crippen LogP contribution in [-0.2, 0) is 0 Å². The van der Waals surface area contributed by atoms with Crippen LogP contribution >= 0.6 is 11.8 Å². The largest absolute Gasteiger partial charge is 0.329 e. The summed E-state index contributed by atoms with van der Waals surface area (Å²) in [6.07, 6.45) is 6.21. The van der Waals surface area contributed by atoms with Gasteiger partial charge in [0.2, 0.25) is 0 Å². The molecular formula is C12H26N2S. The molecule has 1 aliphatic carbocycles. The van der Waals surface area contributed by atoms with Gasteiger partial charge in [0.15, 0.2) is 0 Å². The van der Waals surface area contributed by atoms with E-state index in [2.05, 4.69) is 25.0 Å². The van der Waals surface area contributed by atoms with Gasteiger partial charge < -0.3 is 5.73 Å². The van der Waals surface area contributed by atoms with Gasteiger partial charge >= 0.3 is 0 Å². The molecule has 1 fully saturated rings. The van der Waals surface area contributed by atoms with E-state index in [1.165, 1.54) is 31.6 Å². The molecule has 90 valence electrons. The summed E-state index contributed by atoms with van der Waals surface area (Å²) in [7, 11) is 0. The molecular weight excluding hydrogens is 204 g/mol. The van der Waals surface area contributed by atoms with E-state index in [1.54, 1.807) is 0 Å². The molecule has 3 heteroatoms. The highest BCUT2D eigenvalue weighted by atomic mass is 32.2. The summed E-state index contributed by atoms with van der Waals surface area (Å²) in [4.78, 5) is 2.67. The molecule has 1 saturated carbocycles.